The molecule has 0 aliphatic rings. The molecule has 0 aliphatic carbocycles. The fraction of sp³-hybridized carbons (Fsp3) is 0.316. The Kier molecular flexibility index (Phi) is 3.96. The Hall–Kier alpha value is -1.80. The minimum Gasteiger partial charge on any atom is -0.323 e. The van der Waals surface area contributed by atoms with Crippen molar-refractivity contribution in [2.24, 2.45) is 5.41 Å². The standard InChI is InChI=1S/C19H21ClN2/c1-19(2,3)12-18-21-16-9-4-5-10-17(16)22(18)13-14-7-6-8-15(20)11-14/h4-11H,12-13H2,1-3H3. The van der Waals surface area contributed by atoms with Crippen LogP contribution in [0.4, 0.5) is 0 Å². The molecule has 3 heteroatoms. The van der Waals surface area contributed by atoms with Gasteiger partial charge in [-0.25, -0.2) is 4.98 Å². The number of fused-ring (bicyclic) bond motifs is 1. The SMILES string of the molecule is CC(C)(C)Cc1nc2ccccc2n1Cc1cccc(Cl)c1. The lowest BCUT2D eigenvalue weighted by Gasteiger charge is -2.19. The van der Waals surface area contributed by atoms with E-state index < -0.39 is 0 Å². The monoisotopic (exact) mass is 312 g/mol. The number of halogens is 1. The van der Waals surface area contributed by atoms with Gasteiger partial charge in [0.2, 0.25) is 0 Å². The van der Waals surface area contributed by atoms with E-state index in [-0.39, 0.29) is 5.41 Å². The van der Waals surface area contributed by atoms with Crippen LogP contribution in [0.15, 0.2) is 48.5 Å². The molecular weight excluding hydrogens is 292 g/mol. The first-order valence-corrected chi connectivity index (χ1v) is 7.99. The average molecular weight is 313 g/mol. The van der Waals surface area contributed by atoms with Crippen molar-refractivity contribution in [3.63, 3.8) is 0 Å². The first kappa shape index (κ1) is 15.1. The molecule has 0 saturated carbocycles. The van der Waals surface area contributed by atoms with E-state index >= 15 is 0 Å². The van der Waals surface area contributed by atoms with E-state index in [0.717, 1.165) is 29.3 Å². The molecule has 0 unspecified atom stereocenters. The highest BCUT2D eigenvalue weighted by Crippen LogP contribution is 2.25. The van der Waals surface area contributed by atoms with Gasteiger partial charge in [-0.1, -0.05) is 56.6 Å². The molecule has 0 aliphatic heterocycles. The maximum Gasteiger partial charge on any atom is 0.110 e. The van der Waals surface area contributed by atoms with E-state index in [1.807, 2.05) is 24.3 Å². The highest BCUT2D eigenvalue weighted by molar-refractivity contribution is 6.30. The minimum absolute atomic E-state index is 0.202. The molecule has 0 fully saturated rings. The van der Waals surface area contributed by atoms with E-state index in [1.165, 1.54) is 11.1 Å². The summed E-state index contributed by atoms with van der Waals surface area (Å²) in [7, 11) is 0. The number of hydrogen-bond acceptors (Lipinski definition) is 1. The van der Waals surface area contributed by atoms with Crippen LogP contribution in [-0.4, -0.2) is 9.55 Å². The topological polar surface area (TPSA) is 17.8 Å². The lowest BCUT2D eigenvalue weighted by molar-refractivity contribution is 0.394. The van der Waals surface area contributed by atoms with Crippen molar-refractivity contribution in [3.8, 4) is 0 Å². The third-order valence-corrected chi connectivity index (χ3v) is 3.89. The number of hydrogen-bond donors (Lipinski definition) is 0. The van der Waals surface area contributed by atoms with Gasteiger partial charge in [-0.2, -0.15) is 0 Å². The van der Waals surface area contributed by atoms with Gasteiger partial charge in [-0.05, 0) is 35.2 Å². The summed E-state index contributed by atoms with van der Waals surface area (Å²) in [5.74, 6) is 1.13. The van der Waals surface area contributed by atoms with E-state index in [2.05, 4.69) is 49.6 Å². The number of imidazole rings is 1. The van der Waals surface area contributed by atoms with Crippen LogP contribution in [0.3, 0.4) is 0 Å². The van der Waals surface area contributed by atoms with Crippen molar-refractivity contribution in [1.82, 2.24) is 9.55 Å². The molecule has 3 rings (SSSR count). The average Bonchev–Trinajstić information content (AvgIpc) is 2.75. The Morgan fingerprint density at radius 1 is 1.05 bits per heavy atom. The van der Waals surface area contributed by atoms with Crippen LogP contribution in [0, 0.1) is 5.41 Å². The summed E-state index contributed by atoms with van der Waals surface area (Å²) in [6, 6.07) is 16.4. The Morgan fingerprint density at radius 3 is 2.55 bits per heavy atom. The molecule has 1 heterocycles. The molecule has 0 spiro atoms. The van der Waals surface area contributed by atoms with Gasteiger partial charge >= 0.3 is 0 Å². The van der Waals surface area contributed by atoms with Crippen molar-refractivity contribution in [2.45, 2.75) is 33.7 Å². The Balaban J connectivity index is 2.07. The first-order valence-electron chi connectivity index (χ1n) is 7.61. The molecule has 3 aromatic rings. The molecule has 114 valence electrons. The lowest BCUT2D eigenvalue weighted by Crippen LogP contribution is -2.15. The smallest absolute Gasteiger partial charge is 0.110 e. The normalized spacial score (nSPS) is 12.0. The van der Waals surface area contributed by atoms with E-state index in [1.54, 1.807) is 0 Å². The van der Waals surface area contributed by atoms with E-state index in [0.29, 0.717) is 0 Å². The van der Waals surface area contributed by atoms with Crippen LogP contribution in [0.1, 0.15) is 32.2 Å². The fourth-order valence-corrected chi connectivity index (χ4v) is 2.94. The first-order chi connectivity index (χ1) is 10.4. The van der Waals surface area contributed by atoms with Crippen LogP contribution in [0.2, 0.25) is 5.02 Å². The summed E-state index contributed by atoms with van der Waals surface area (Å²) in [5, 5.41) is 0.777. The summed E-state index contributed by atoms with van der Waals surface area (Å²) in [6.45, 7) is 7.54. The highest BCUT2D eigenvalue weighted by atomic mass is 35.5. The van der Waals surface area contributed by atoms with Gasteiger partial charge in [0.25, 0.3) is 0 Å². The quantitative estimate of drug-likeness (QED) is 0.639. The maximum absolute atomic E-state index is 6.12. The van der Waals surface area contributed by atoms with Crippen molar-refractivity contribution in [1.29, 1.82) is 0 Å². The molecule has 0 N–H and O–H groups in total. The second-order valence-electron chi connectivity index (χ2n) is 6.97. The number of nitrogens with zero attached hydrogens (tertiary/aromatic N) is 2. The summed E-state index contributed by atoms with van der Waals surface area (Å²) in [4.78, 5) is 4.85. The van der Waals surface area contributed by atoms with Crippen molar-refractivity contribution in [3.05, 3.63) is 64.9 Å². The van der Waals surface area contributed by atoms with Gasteiger partial charge in [0.05, 0.1) is 11.0 Å². The Morgan fingerprint density at radius 2 is 1.82 bits per heavy atom. The van der Waals surface area contributed by atoms with Gasteiger partial charge in [0.1, 0.15) is 5.82 Å². The predicted octanol–water partition coefficient (Wildman–Crippen LogP) is 5.33. The molecule has 2 aromatic carbocycles. The van der Waals surface area contributed by atoms with E-state index in [9.17, 15) is 0 Å². The van der Waals surface area contributed by atoms with Gasteiger partial charge < -0.3 is 4.57 Å². The molecule has 0 amide bonds. The molecular formula is C19H21ClN2. The van der Waals surface area contributed by atoms with Crippen molar-refractivity contribution < 1.29 is 0 Å². The molecule has 2 nitrogen and oxygen atoms in total. The summed E-state index contributed by atoms with van der Waals surface area (Å²) < 4.78 is 2.31. The summed E-state index contributed by atoms with van der Waals surface area (Å²) in [5.41, 5.74) is 3.64. The largest absolute Gasteiger partial charge is 0.323 e. The van der Waals surface area contributed by atoms with Gasteiger partial charge in [0.15, 0.2) is 0 Å². The number of para-hydroxylation sites is 2. The molecule has 1 aromatic heterocycles. The van der Waals surface area contributed by atoms with E-state index in [4.69, 9.17) is 16.6 Å². The zero-order valence-electron chi connectivity index (χ0n) is 13.3. The van der Waals surface area contributed by atoms with Gasteiger partial charge in [-0.3, -0.25) is 0 Å². The Bertz CT molecular complexity index is 797. The lowest BCUT2D eigenvalue weighted by atomic mass is 9.92. The molecule has 22 heavy (non-hydrogen) atoms. The minimum atomic E-state index is 0.202. The second kappa shape index (κ2) is 5.77. The summed E-state index contributed by atoms with van der Waals surface area (Å²) >= 11 is 6.12. The number of aromatic nitrogens is 2. The number of benzene rings is 2. The molecule has 0 atom stereocenters. The van der Waals surface area contributed by atoms with Crippen molar-refractivity contribution in [2.75, 3.05) is 0 Å². The number of rotatable bonds is 3. The van der Waals surface area contributed by atoms with Crippen molar-refractivity contribution >= 4 is 22.6 Å². The third kappa shape index (κ3) is 3.33. The van der Waals surface area contributed by atoms with Gasteiger partial charge in [0, 0.05) is 18.0 Å². The van der Waals surface area contributed by atoms with Crippen LogP contribution in [0.5, 0.6) is 0 Å². The second-order valence-corrected chi connectivity index (χ2v) is 7.41. The Labute approximate surface area is 136 Å². The highest BCUT2D eigenvalue weighted by Gasteiger charge is 2.18. The van der Waals surface area contributed by atoms with Crippen LogP contribution in [0.25, 0.3) is 11.0 Å². The van der Waals surface area contributed by atoms with Gasteiger partial charge in [-0.15, -0.1) is 0 Å². The molecule has 0 bridgehead atoms. The van der Waals surface area contributed by atoms with Crippen LogP contribution >= 0.6 is 11.6 Å². The van der Waals surface area contributed by atoms with Crippen LogP contribution < -0.4 is 0 Å². The third-order valence-electron chi connectivity index (χ3n) is 3.65. The predicted molar refractivity (Wildman–Crippen MR) is 93.4 cm³/mol. The fourth-order valence-electron chi connectivity index (χ4n) is 2.73. The maximum atomic E-state index is 6.12. The zero-order chi connectivity index (χ0) is 15.7. The molecule has 0 saturated heterocycles. The summed E-state index contributed by atoms with van der Waals surface area (Å²) in [6.07, 6.45) is 0.947. The zero-order valence-corrected chi connectivity index (χ0v) is 14.1. The van der Waals surface area contributed by atoms with Crippen LogP contribution in [-0.2, 0) is 13.0 Å². The molecule has 0 radical (unpaired) electrons.